The zero-order valence-corrected chi connectivity index (χ0v) is 14.0. The maximum absolute atomic E-state index is 13.4. The number of nitrogens with zero attached hydrogens (tertiary/aromatic N) is 1. The number of amides is 1. The molecule has 0 unspecified atom stereocenters. The molecule has 0 saturated heterocycles. The Hall–Kier alpha value is -3.42. The van der Waals surface area contributed by atoms with Crippen LogP contribution in [-0.2, 0) is 0 Å². The molecule has 0 radical (unpaired) electrons. The smallest absolute Gasteiger partial charge is 0.296 e. The van der Waals surface area contributed by atoms with Gasteiger partial charge >= 0.3 is 0 Å². The van der Waals surface area contributed by atoms with Crippen molar-refractivity contribution in [2.45, 2.75) is 13.8 Å². The zero-order valence-electron chi connectivity index (χ0n) is 14.0. The van der Waals surface area contributed by atoms with E-state index in [0.29, 0.717) is 28.9 Å². The van der Waals surface area contributed by atoms with Gasteiger partial charge in [0.2, 0.25) is 0 Å². The summed E-state index contributed by atoms with van der Waals surface area (Å²) in [6.07, 6.45) is 0. The van der Waals surface area contributed by atoms with Crippen molar-refractivity contribution in [1.29, 1.82) is 0 Å². The molecule has 0 aliphatic carbocycles. The second-order valence-corrected chi connectivity index (χ2v) is 5.52. The predicted molar refractivity (Wildman–Crippen MR) is 93.1 cm³/mol. The van der Waals surface area contributed by atoms with Crippen LogP contribution in [0.3, 0.4) is 0 Å². The van der Waals surface area contributed by atoms with Gasteiger partial charge in [-0.3, -0.25) is 14.9 Å². The fourth-order valence-electron chi connectivity index (χ4n) is 2.61. The number of fused-ring (bicyclic) bond motifs is 1. The Labute approximate surface area is 147 Å². The number of aryl methyl sites for hydroxylation is 1. The molecule has 134 valence electrons. The fraction of sp³-hybridized carbons (Fsp3) is 0.167. The van der Waals surface area contributed by atoms with Crippen LogP contribution < -0.4 is 10.1 Å². The minimum absolute atomic E-state index is 0.00879. The van der Waals surface area contributed by atoms with E-state index in [9.17, 15) is 19.3 Å². The number of ether oxygens (including phenoxy) is 1. The molecule has 3 rings (SSSR count). The molecule has 1 amide bonds. The first-order valence-electron chi connectivity index (χ1n) is 7.82. The van der Waals surface area contributed by atoms with Gasteiger partial charge in [0.25, 0.3) is 11.6 Å². The lowest BCUT2D eigenvalue weighted by atomic mass is 10.1. The SMILES string of the molecule is CCOc1ccc(NC(=O)c2oc3ccc(F)cc3c2C)c([N+](=O)[O-])c1. The van der Waals surface area contributed by atoms with Gasteiger partial charge in [0, 0.05) is 10.9 Å². The standard InChI is InChI=1S/C18H15FN2O5/c1-3-25-12-5-6-14(15(9-12)21(23)24)20-18(22)17-10(2)13-8-11(19)4-7-16(13)26-17/h4-9H,3H2,1-2H3,(H,20,22). The maximum Gasteiger partial charge on any atom is 0.296 e. The van der Waals surface area contributed by atoms with Gasteiger partial charge in [-0.1, -0.05) is 0 Å². The molecule has 7 nitrogen and oxygen atoms in total. The number of halogens is 1. The molecule has 0 atom stereocenters. The van der Waals surface area contributed by atoms with Crippen molar-refractivity contribution in [3.63, 3.8) is 0 Å². The first-order valence-corrected chi connectivity index (χ1v) is 7.82. The predicted octanol–water partition coefficient (Wildman–Crippen LogP) is 4.44. The van der Waals surface area contributed by atoms with Gasteiger partial charge in [-0.2, -0.15) is 0 Å². The summed E-state index contributed by atoms with van der Waals surface area (Å²) in [5.74, 6) is -0.816. The molecular formula is C18H15FN2O5. The molecule has 3 aromatic rings. The summed E-state index contributed by atoms with van der Waals surface area (Å²) in [6, 6.07) is 8.06. The molecule has 2 aromatic carbocycles. The Bertz CT molecular complexity index is 1010. The minimum atomic E-state index is -0.661. The third-order valence-corrected chi connectivity index (χ3v) is 3.83. The number of hydrogen-bond donors (Lipinski definition) is 1. The number of furan rings is 1. The molecule has 0 bridgehead atoms. The number of carbonyl (C=O) groups is 1. The van der Waals surface area contributed by atoms with E-state index in [2.05, 4.69) is 5.32 Å². The van der Waals surface area contributed by atoms with Crippen LogP contribution in [0.4, 0.5) is 15.8 Å². The van der Waals surface area contributed by atoms with Crippen molar-refractivity contribution in [2.24, 2.45) is 0 Å². The summed E-state index contributed by atoms with van der Waals surface area (Å²) in [5.41, 5.74) is 0.513. The van der Waals surface area contributed by atoms with Crippen molar-refractivity contribution in [3.8, 4) is 5.75 Å². The molecule has 0 saturated carbocycles. The van der Waals surface area contributed by atoms with E-state index in [-0.39, 0.29) is 17.1 Å². The van der Waals surface area contributed by atoms with Gasteiger partial charge in [0.05, 0.1) is 17.6 Å². The van der Waals surface area contributed by atoms with E-state index >= 15 is 0 Å². The Morgan fingerprint density at radius 2 is 2.08 bits per heavy atom. The monoisotopic (exact) mass is 358 g/mol. The molecule has 1 heterocycles. The van der Waals surface area contributed by atoms with Crippen LogP contribution in [0, 0.1) is 22.9 Å². The quantitative estimate of drug-likeness (QED) is 0.537. The molecule has 0 aliphatic heterocycles. The van der Waals surface area contributed by atoms with E-state index in [1.54, 1.807) is 13.8 Å². The average molecular weight is 358 g/mol. The van der Waals surface area contributed by atoms with Crippen LogP contribution in [-0.4, -0.2) is 17.4 Å². The normalized spacial score (nSPS) is 10.7. The molecule has 0 fully saturated rings. The fourth-order valence-corrected chi connectivity index (χ4v) is 2.61. The van der Waals surface area contributed by atoms with Gasteiger partial charge in [-0.15, -0.1) is 0 Å². The average Bonchev–Trinajstić information content (AvgIpc) is 2.93. The van der Waals surface area contributed by atoms with Crippen LogP contribution in [0.25, 0.3) is 11.0 Å². The molecule has 26 heavy (non-hydrogen) atoms. The number of nitro benzene ring substituents is 1. The highest BCUT2D eigenvalue weighted by molar-refractivity contribution is 6.07. The van der Waals surface area contributed by atoms with Crippen LogP contribution >= 0.6 is 0 Å². The Morgan fingerprint density at radius 1 is 1.31 bits per heavy atom. The zero-order chi connectivity index (χ0) is 18.8. The van der Waals surface area contributed by atoms with Crippen LogP contribution in [0.1, 0.15) is 23.0 Å². The third kappa shape index (κ3) is 3.21. The second-order valence-electron chi connectivity index (χ2n) is 5.52. The molecular weight excluding hydrogens is 343 g/mol. The van der Waals surface area contributed by atoms with E-state index in [1.165, 1.54) is 36.4 Å². The number of rotatable bonds is 5. The van der Waals surface area contributed by atoms with Crippen molar-refractivity contribution in [1.82, 2.24) is 0 Å². The van der Waals surface area contributed by atoms with Crippen LogP contribution in [0.5, 0.6) is 5.75 Å². The number of nitro groups is 1. The van der Waals surface area contributed by atoms with Crippen molar-refractivity contribution < 1.29 is 23.3 Å². The summed E-state index contributed by atoms with van der Waals surface area (Å²) in [5, 5.41) is 14.2. The summed E-state index contributed by atoms with van der Waals surface area (Å²) in [7, 11) is 0. The number of nitrogens with one attached hydrogen (secondary N) is 1. The van der Waals surface area contributed by atoms with Crippen molar-refractivity contribution in [2.75, 3.05) is 11.9 Å². The summed E-state index contributed by atoms with van der Waals surface area (Å²) in [4.78, 5) is 23.2. The number of anilines is 1. The van der Waals surface area contributed by atoms with E-state index < -0.39 is 16.6 Å². The molecule has 8 heteroatoms. The lowest BCUT2D eigenvalue weighted by molar-refractivity contribution is -0.384. The highest BCUT2D eigenvalue weighted by atomic mass is 19.1. The van der Waals surface area contributed by atoms with Gasteiger partial charge in [0.15, 0.2) is 5.76 Å². The minimum Gasteiger partial charge on any atom is -0.494 e. The molecule has 0 spiro atoms. The summed E-state index contributed by atoms with van der Waals surface area (Å²) < 4.78 is 24.1. The molecule has 1 aromatic heterocycles. The van der Waals surface area contributed by atoms with Crippen molar-refractivity contribution >= 4 is 28.3 Å². The van der Waals surface area contributed by atoms with E-state index in [1.807, 2.05) is 0 Å². The first-order chi connectivity index (χ1) is 12.4. The summed E-state index contributed by atoms with van der Waals surface area (Å²) >= 11 is 0. The third-order valence-electron chi connectivity index (χ3n) is 3.83. The van der Waals surface area contributed by atoms with Gasteiger partial charge in [-0.05, 0) is 44.2 Å². The van der Waals surface area contributed by atoms with E-state index in [4.69, 9.17) is 9.15 Å². The Balaban J connectivity index is 1.95. The van der Waals surface area contributed by atoms with Crippen LogP contribution in [0.2, 0.25) is 0 Å². The summed E-state index contributed by atoms with van der Waals surface area (Å²) in [6.45, 7) is 3.74. The molecule has 1 N–H and O–H groups in total. The lowest BCUT2D eigenvalue weighted by Gasteiger charge is -2.07. The highest BCUT2D eigenvalue weighted by Crippen LogP contribution is 2.31. The van der Waals surface area contributed by atoms with E-state index in [0.717, 1.165) is 0 Å². The highest BCUT2D eigenvalue weighted by Gasteiger charge is 2.22. The molecule has 0 aliphatic rings. The van der Waals surface area contributed by atoms with Gasteiger partial charge < -0.3 is 14.5 Å². The van der Waals surface area contributed by atoms with Gasteiger partial charge in [0.1, 0.15) is 22.8 Å². The maximum atomic E-state index is 13.4. The first kappa shape index (κ1) is 17.4. The van der Waals surface area contributed by atoms with Crippen molar-refractivity contribution in [3.05, 3.63) is 63.7 Å². The Kier molecular flexibility index (Phi) is 4.57. The van der Waals surface area contributed by atoms with Crippen LogP contribution in [0.15, 0.2) is 40.8 Å². The number of hydrogen-bond acceptors (Lipinski definition) is 5. The second kappa shape index (κ2) is 6.83. The van der Waals surface area contributed by atoms with Gasteiger partial charge in [-0.25, -0.2) is 4.39 Å². The topological polar surface area (TPSA) is 94.6 Å². The number of benzene rings is 2. The lowest BCUT2D eigenvalue weighted by Crippen LogP contribution is -2.13. The largest absolute Gasteiger partial charge is 0.494 e. The Morgan fingerprint density at radius 3 is 2.77 bits per heavy atom. The number of carbonyl (C=O) groups excluding carboxylic acids is 1.